The number of ether oxygens (including phenoxy) is 2. The molecule has 0 N–H and O–H groups in total. The highest BCUT2D eigenvalue weighted by Crippen LogP contribution is 2.26. The minimum atomic E-state index is 0.532. The van der Waals surface area contributed by atoms with E-state index < -0.39 is 0 Å². The predicted octanol–water partition coefficient (Wildman–Crippen LogP) is 3.92. The van der Waals surface area contributed by atoms with Crippen LogP contribution in [0.25, 0.3) is 0 Å². The normalized spacial score (nSPS) is 9.25. The molecule has 0 atom stereocenters. The Morgan fingerprint density at radius 1 is 1.06 bits per heavy atom. The fourth-order valence-electron chi connectivity index (χ4n) is 1.10. The molecule has 1 rings (SSSR count). The largest absolute Gasteiger partial charge is 0.490 e. The number of hydrogen-bond acceptors (Lipinski definition) is 2. The van der Waals surface area contributed by atoms with Crippen LogP contribution in [0.5, 0.6) is 11.5 Å². The van der Waals surface area contributed by atoms with Crippen molar-refractivity contribution in [2.45, 2.75) is 20.8 Å². The fourth-order valence-corrected chi connectivity index (χ4v) is 1.10. The number of hydrogen-bond donors (Lipinski definition) is 0. The van der Waals surface area contributed by atoms with Gasteiger partial charge in [-0.1, -0.05) is 26.0 Å². The zero-order valence-corrected chi connectivity index (χ0v) is 10.5. The van der Waals surface area contributed by atoms with E-state index in [1.54, 1.807) is 0 Å². The highest BCUT2D eigenvalue weighted by Gasteiger charge is 2.03. The quantitative estimate of drug-likeness (QED) is 0.703. The van der Waals surface area contributed by atoms with E-state index in [4.69, 9.17) is 9.47 Å². The minimum Gasteiger partial charge on any atom is -0.490 e. The van der Waals surface area contributed by atoms with Gasteiger partial charge in [0.15, 0.2) is 11.5 Å². The molecule has 90 valence electrons. The summed E-state index contributed by atoms with van der Waals surface area (Å²) in [5.41, 5.74) is 0. The number of benzene rings is 1. The van der Waals surface area contributed by atoms with Gasteiger partial charge in [-0.3, -0.25) is 0 Å². The third-order valence-corrected chi connectivity index (χ3v) is 1.72. The molecule has 0 aliphatic rings. The first-order chi connectivity index (χ1) is 7.74. The molecule has 0 fully saturated rings. The molecular formula is C14H22O2. The van der Waals surface area contributed by atoms with Crippen molar-refractivity contribution in [3.05, 3.63) is 37.4 Å². The van der Waals surface area contributed by atoms with Crippen molar-refractivity contribution in [2.75, 3.05) is 13.2 Å². The molecule has 16 heavy (non-hydrogen) atoms. The fraction of sp³-hybridized carbons (Fsp3) is 0.429. The van der Waals surface area contributed by atoms with Crippen molar-refractivity contribution < 1.29 is 9.47 Å². The summed E-state index contributed by atoms with van der Waals surface area (Å²) in [7, 11) is 0. The predicted molar refractivity (Wildman–Crippen MR) is 69.2 cm³/mol. The lowest BCUT2D eigenvalue weighted by atomic mass is 10.2. The van der Waals surface area contributed by atoms with Crippen molar-refractivity contribution in [1.82, 2.24) is 0 Å². The van der Waals surface area contributed by atoms with Gasteiger partial charge in [0.05, 0.1) is 13.2 Å². The summed E-state index contributed by atoms with van der Waals surface area (Å²) < 4.78 is 11.1. The first-order valence-electron chi connectivity index (χ1n) is 5.58. The van der Waals surface area contributed by atoms with E-state index in [2.05, 4.69) is 27.0 Å². The van der Waals surface area contributed by atoms with Crippen LogP contribution in [0, 0.1) is 5.92 Å². The Hall–Kier alpha value is -1.44. The summed E-state index contributed by atoms with van der Waals surface area (Å²) in [5.74, 6) is 2.20. The number of para-hydroxylation sites is 2. The Morgan fingerprint density at radius 3 is 2.00 bits per heavy atom. The molecule has 0 heterocycles. The Labute approximate surface area is 98.9 Å². The van der Waals surface area contributed by atoms with Gasteiger partial charge >= 0.3 is 0 Å². The van der Waals surface area contributed by atoms with Gasteiger partial charge in [-0.25, -0.2) is 0 Å². The van der Waals surface area contributed by atoms with E-state index in [0.717, 1.165) is 18.1 Å². The molecule has 2 nitrogen and oxygen atoms in total. The monoisotopic (exact) mass is 222 g/mol. The van der Waals surface area contributed by atoms with Crippen molar-refractivity contribution in [3.63, 3.8) is 0 Å². The molecule has 0 aromatic heterocycles. The van der Waals surface area contributed by atoms with Crippen LogP contribution in [-0.4, -0.2) is 13.2 Å². The van der Waals surface area contributed by atoms with E-state index in [-0.39, 0.29) is 0 Å². The molecule has 1 aromatic rings. The molecule has 0 spiro atoms. The summed E-state index contributed by atoms with van der Waals surface area (Å²) in [4.78, 5) is 0. The molecule has 1 aromatic carbocycles. The molecular weight excluding hydrogens is 200 g/mol. The lowest BCUT2D eigenvalue weighted by Gasteiger charge is -2.12. The zero-order valence-electron chi connectivity index (χ0n) is 10.5. The second kappa shape index (κ2) is 8.84. The third kappa shape index (κ3) is 5.44. The second-order valence-corrected chi connectivity index (χ2v) is 3.58. The topological polar surface area (TPSA) is 18.5 Å². The maximum absolute atomic E-state index is 5.63. The number of rotatable bonds is 5. The molecule has 0 saturated carbocycles. The average Bonchev–Trinajstić information content (AvgIpc) is 2.31. The van der Waals surface area contributed by atoms with E-state index in [1.165, 1.54) is 0 Å². The van der Waals surface area contributed by atoms with Crippen LogP contribution in [0.2, 0.25) is 0 Å². The lowest BCUT2D eigenvalue weighted by molar-refractivity contribution is 0.248. The van der Waals surface area contributed by atoms with Crippen LogP contribution in [0.4, 0.5) is 0 Å². The van der Waals surface area contributed by atoms with Gasteiger partial charge in [-0.05, 0) is 25.0 Å². The summed E-state index contributed by atoms with van der Waals surface area (Å²) >= 11 is 0. The highest BCUT2D eigenvalue weighted by atomic mass is 16.5. The molecule has 0 bridgehead atoms. The highest BCUT2D eigenvalue weighted by molar-refractivity contribution is 5.39. The van der Waals surface area contributed by atoms with E-state index in [1.807, 2.05) is 31.2 Å². The summed E-state index contributed by atoms with van der Waals surface area (Å²) in [6.07, 6.45) is 0. The Balaban J connectivity index is 0.00000106. The zero-order chi connectivity index (χ0) is 12.4. The Morgan fingerprint density at radius 2 is 1.56 bits per heavy atom. The van der Waals surface area contributed by atoms with Gasteiger partial charge in [-0.2, -0.15) is 0 Å². The Bertz CT molecular complexity index is 282. The second-order valence-electron chi connectivity index (χ2n) is 3.58. The summed E-state index contributed by atoms with van der Waals surface area (Å²) in [6.45, 7) is 13.6. The standard InChI is InChI=1S/C12H18O2.C2H4/c1-4-13-11-7-5-6-8-12(11)14-9-10(2)3;1-2/h5-8,10H,4,9H2,1-3H3;1-2H2. The third-order valence-electron chi connectivity index (χ3n) is 1.72. The van der Waals surface area contributed by atoms with Crippen LogP contribution in [-0.2, 0) is 0 Å². The summed E-state index contributed by atoms with van der Waals surface area (Å²) in [6, 6.07) is 7.78. The van der Waals surface area contributed by atoms with Gasteiger partial charge in [-0.15, -0.1) is 13.2 Å². The van der Waals surface area contributed by atoms with E-state index in [9.17, 15) is 0 Å². The molecule has 0 aliphatic carbocycles. The van der Waals surface area contributed by atoms with Crippen molar-refractivity contribution in [3.8, 4) is 11.5 Å². The van der Waals surface area contributed by atoms with E-state index >= 15 is 0 Å². The first-order valence-corrected chi connectivity index (χ1v) is 5.58. The maximum Gasteiger partial charge on any atom is 0.161 e. The van der Waals surface area contributed by atoms with Crippen LogP contribution >= 0.6 is 0 Å². The van der Waals surface area contributed by atoms with Crippen molar-refractivity contribution in [1.29, 1.82) is 0 Å². The lowest BCUT2D eigenvalue weighted by Crippen LogP contribution is -2.05. The molecule has 0 radical (unpaired) electrons. The molecule has 0 amide bonds. The van der Waals surface area contributed by atoms with Crippen LogP contribution in [0.3, 0.4) is 0 Å². The minimum absolute atomic E-state index is 0.532. The Kier molecular flexibility index (Phi) is 8.04. The van der Waals surface area contributed by atoms with Gasteiger partial charge in [0, 0.05) is 0 Å². The molecule has 0 saturated heterocycles. The maximum atomic E-state index is 5.63. The van der Waals surface area contributed by atoms with E-state index in [0.29, 0.717) is 12.5 Å². The van der Waals surface area contributed by atoms with Crippen LogP contribution in [0.15, 0.2) is 37.4 Å². The average molecular weight is 222 g/mol. The van der Waals surface area contributed by atoms with Crippen LogP contribution < -0.4 is 9.47 Å². The first kappa shape index (κ1) is 14.6. The van der Waals surface area contributed by atoms with Gasteiger partial charge in [0.2, 0.25) is 0 Å². The smallest absolute Gasteiger partial charge is 0.161 e. The van der Waals surface area contributed by atoms with Gasteiger partial charge in [0.25, 0.3) is 0 Å². The van der Waals surface area contributed by atoms with Crippen molar-refractivity contribution >= 4 is 0 Å². The van der Waals surface area contributed by atoms with Gasteiger partial charge in [0.1, 0.15) is 0 Å². The molecule has 0 aliphatic heterocycles. The van der Waals surface area contributed by atoms with Crippen LogP contribution in [0.1, 0.15) is 20.8 Å². The van der Waals surface area contributed by atoms with Gasteiger partial charge < -0.3 is 9.47 Å². The SMILES string of the molecule is C=C.CCOc1ccccc1OCC(C)C. The van der Waals surface area contributed by atoms with Crippen molar-refractivity contribution in [2.24, 2.45) is 5.92 Å². The molecule has 2 heteroatoms. The molecule has 0 unspecified atom stereocenters. The summed E-state index contributed by atoms with van der Waals surface area (Å²) in [5, 5.41) is 0.